The Morgan fingerprint density at radius 1 is 0.732 bits per heavy atom. The van der Waals surface area contributed by atoms with E-state index in [1.54, 1.807) is 60.7 Å². The Morgan fingerprint density at radius 2 is 1.32 bits per heavy atom. The van der Waals surface area contributed by atoms with E-state index in [2.05, 4.69) is 47.6 Å². The smallest absolute Gasteiger partial charge is 0.331 e. The van der Waals surface area contributed by atoms with Crippen LogP contribution in [0.1, 0.15) is 117 Å². The molecule has 300 valence electrons. The molecule has 8 heteroatoms. The molecule has 0 heterocycles. The van der Waals surface area contributed by atoms with Crippen LogP contribution in [-0.2, 0) is 23.9 Å². The Bertz CT molecular complexity index is 1940. The van der Waals surface area contributed by atoms with Crippen LogP contribution < -0.4 is 0 Å². The van der Waals surface area contributed by atoms with E-state index in [9.17, 15) is 29.7 Å². The maximum atomic E-state index is 13.5. The molecule has 2 aromatic carbocycles. The number of phenols is 2. The van der Waals surface area contributed by atoms with E-state index < -0.39 is 22.8 Å². The number of fused-ring (bicyclic) bond motifs is 7. The average molecular weight is 765 g/mol. The zero-order chi connectivity index (χ0) is 40.3. The number of carboxylic acids is 1. The van der Waals surface area contributed by atoms with Crippen molar-refractivity contribution in [1.29, 1.82) is 0 Å². The van der Waals surface area contributed by atoms with Gasteiger partial charge in [0.15, 0.2) is 0 Å². The second kappa shape index (κ2) is 14.2. The van der Waals surface area contributed by atoms with Gasteiger partial charge in [-0.05, 0) is 146 Å². The molecule has 56 heavy (non-hydrogen) atoms. The fourth-order valence-electron chi connectivity index (χ4n) is 12.8. The summed E-state index contributed by atoms with van der Waals surface area (Å²) in [6.45, 7) is 14.1. The molecule has 2 aromatic rings. The number of carbonyl (C=O) groups is 3. The van der Waals surface area contributed by atoms with Crippen molar-refractivity contribution in [3.63, 3.8) is 0 Å². The van der Waals surface area contributed by atoms with Crippen LogP contribution in [0.2, 0.25) is 0 Å². The lowest BCUT2D eigenvalue weighted by atomic mass is 9.33. The van der Waals surface area contributed by atoms with Gasteiger partial charge in [0.2, 0.25) is 0 Å². The highest BCUT2D eigenvalue weighted by molar-refractivity contribution is 5.87. The van der Waals surface area contributed by atoms with Crippen LogP contribution in [0.5, 0.6) is 11.5 Å². The molecule has 0 spiro atoms. The van der Waals surface area contributed by atoms with E-state index in [-0.39, 0.29) is 69.6 Å². The van der Waals surface area contributed by atoms with Gasteiger partial charge in [0.25, 0.3) is 0 Å². The predicted octanol–water partition coefficient (Wildman–Crippen LogP) is 10.1. The number of rotatable bonds is 8. The van der Waals surface area contributed by atoms with Gasteiger partial charge in [-0.3, -0.25) is 4.79 Å². The average Bonchev–Trinajstić information content (AvgIpc) is 3.14. The van der Waals surface area contributed by atoms with Crippen LogP contribution in [0.25, 0.3) is 12.2 Å². The highest BCUT2D eigenvalue weighted by Gasteiger charge is 2.71. The summed E-state index contributed by atoms with van der Waals surface area (Å²) in [5, 5.41) is 30.3. The monoisotopic (exact) mass is 764 g/mol. The van der Waals surface area contributed by atoms with Gasteiger partial charge in [-0.15, -0.1) is 0 Å². The number of esters is 2. The number of hydrogen-bond donors (Lipinski definition) is 3. The summed E-state index contributed by atoms with van der Waals surface area (Å²) >= 11 is 0. The van der Waals surface area contributed by atoms with Crippen molar-refractivity contribution >= 4 is 30.1 Å². The number of carbonyl (C=O) groups excluding carboxylic acids is 2. The van der Waals surface area contributed by atoms with Gasteiger partial charge in [-0.2, -0.15) is 0 Å². The van der Waals surface area contributed by atoms with Crippen LogP contribution >= 0.6 is 0 Å². The Morgan fingerprint density at radius 3 is 1.93 bits per heavy atom. The molecule has 0 amide bonds. The first-order valence-corrected chi connectivity index (χ1v) is 20.6. The minimum absolute atomic E-state index is 0.00243. The second-order valence-corrected chi connectivity index (χ2v) is 19.7. The number of aliphatic carboxylic acids is 1. The Balaban J connectivity index is 1.20. The molecule has 0 aliphatic heterocycles. The first kappa shape index (κ1) is 39.9. The Labute approximate surface area is 332 Å². The van der Waals surface area contributed by atoms with Gasteiger partial charge in [0.1, 0.15) is 24.2 Å². The number of ether oxygens (including phenoxy) is 2. The van der Waals surface area contributed by atoms with Gasteiger partial charge < -0.3 is 24.8 Å². The summed E-state index contributed by atoms with van der Waals surface area (Å²) in [5.41, 5.74) is 0.800. The first-order chi connectivity index (χ1) is 26.4. The van der Waals surface area contributed by atoms with Crippen LogP contribution in [0, 0.1) is 50.2 Å². The molecule has 8 nitrogen and oxygen atoms in total. The molecule has 0 aromatic heterocycles. The van der Waals surface area contributed by atoms with Crippen LogP contribution in [-0.4, -0.2) is 45.9 Å². The lowest BCUT2D eigenvalue weighted by molar-refractivity contribution is -0.221. The van der Waals surface area contributed by atoms with Gasteiger partial charge in [0.05, 0.1) is 5.41 Å². The van der Waals surface area contributed by atoms with E-state index in [4.69, 9.17) is 9.47 Å². The molecule has 0 radical (unpaired) electrons. The Kier molecular flexibility index (Phi) is 10.1. The molecule has 5 aliphatic rings. The molecule has 3 N–H and O–H groups in total. The molecule has 7 rings (SSSR count). The number of benzene rings is 2. The molecular weight excluding hydrogens is 705 g/mol. The minimum Gasteiger partial charge on any atom is -0.508 e. The quantitative estimate of drug-likeness (QED) is 0.138. The maximum Gasteiger partial charge on any atom is 0.331 e. The molecule has 0 bridgehead atoms. The number of allylic oxidation sites excluding steroid dienone is 1. The van der Waals surface area contributed by atoms with Gasteiger partial charge in [-0.25, -0.2) is 9.59 Å². The van der Waals surface area contributed by atoms with Crippen LogP contribution in [0.15, 0.2) is 72.3 Å². The molecule has 0 unspecified atom stereocenters. The van der Waals surface area contributed by atoms with E-state index in [0.717, 1.165) is 56.1 Å². The summed E-state index contributed by atoms with van der Waals surface area (Å²) in [5.74, 6) is -0.771. The summed E-state index contributed by atoms with van der Waals surface area (Å²) < 4.78 is 12.6. The van der Waals surface area contributed by atoms with Crippen LogP contribution in [0.4, 0.5) is 0 Å². The fraction of sp³-hybridized carbons (Fsp3) is 0.562. The number of carboxylic acid groups (broad SMARTS) is 1. The van der Waals surface area contributed by atoms with Crippen molar-refractivity contribution in [3.05, 3.63) is 83.5 Å². The largest absolute Gasteiger partial charge is 0.508 e. The van der Waals surface area contributed by atoms with Crippen molar-refractivity contribution in [1.82, 2.24) is 0 Å². The van der Waals surface area contributed by atoms with Crippen molar-refractivity contribution in [2.75, 3.05) is 6.61 Å². The molecular formula is C48H60O8. The second-order valence-electron chi connectivity index (χ2n) is 19.7. The third-order valence-corrected chi connectivity index (χ3v) is 16.0. The van der Waals surface area contributed by atoms with Crippen molar-refractivity contribution in [3.8, 4) is 11.5 Å². The van der Waals surface area contributed by atoms with Crippen LogP contribution in [0.3, 0.4) is 0 Å². The number of aromatic hydroxyl groups is 2. The Hall–Kier alpha value is -4.33. The fourth-order valence-corrected chi connectivity index (χ4v) is 12.8. The minimum atomic E-state index is -0.821. The molecule has 4 saturated carbocycles. The normalized spacial score (nSPS) is 35.6. The standard InChI is InChI=1S/C48H60O8/c1-43(2)25-26-47(42(53)54)27-28-48(30-55-40(51)19-11-31-7-13-33(49)14-8-31)35(36(47)29-43)17-18-38-45(5)23-22-39(44(3,4)37(45)21-24-46(38,48)6)56-41(52)20-12-32-9-15-34(50)16-10-32/h7-17,19-20,36-39,49-50H,18,21-30H2,1-6H3,(H,53,54)/b19-11-,20-12+/t36-,37-,38+,39-,45-,46+,47-,48-/m0/s1. The highest BCUT2D eigenvalue weighted by Crippen LogP contribution is 2.76. The maximum absolute atomic E-state index is 13.5. The molecule has 5 aliphatic carbocycles. The SMILES string of the molecule is CC1(C)CC[C@]2(C(=O)O)CC[C@]3(COC(=O)/C=C\c4ccc(O)cc4)C(=CC[C@@H]4[C@@]5(C)CC[C@H](OC(=O)/C=C/c6ccc(O)cc6)C(C)(C)[C@@H]5CC[C@]43C)[C@@H]2C1. The van der Waals surface area contributed by atoms with Gasteiger partial charge in [-0.1, -0.05) is 77.5 Å². The molecule has 0 saturated heterocycles. The molecule has 8 atom stereocenters. The van der Waals surface area contributed by atoms with Crippen molar-refractivity contribution < 1.29 is 39.2 Å². The van der Waals surface area contributed by atoms with E-state index in [0.29, 0.717) is 19.3 Å². The predicted molar refractivity (Wildman–Crippen MR) is 216 cm³/mol. The summed E-state index contributed by atoms with van der Waals surface area (Å²) in [6.07, 6.45) is 16.3. The summed E-state index contributed by atoms with van der Waals surface area (Å²) in [7, 11) is 0. The number of phenolic OH excluding ortho intramolecular Hbond substituents is 2. The van der Waals surface area contributed by atoms with Crippen molar-refractivity contribution in [2.45, 2.75) is 112 Å². The third-order valence-electron chi connectivity index (χ3n) is 16.0. The van der Waals surface area contributed by atoms with Crippen molar-refractivity contribution in [2.24, 2.45) is 50.2 Å². The lowest BCUT2D eigenvalue weighted by Crippen LogP contribution is -2.67. The highest BCUT2D eigenvalue weighted by atomic mass is 16.5. The topological polar surface area (TPSA) is 130 Å². The van der Waals surface area contributed by atoms with Gasteiger partial charge >= 0.3 is 17.9 Å². The molecule has 4 fully saturated rings. The zero-order valence-corrected chi connectivity index (χ0v) is 34.0. The third kappa shape index (κ3) is 6.68. The summed E-state index contributed by atoms with van der Waals surface area (Å²) in [6, 6.07) is 13.3. The van der Waals surface area contributed by atoms with E-state index in [1.165, 1.54) is 17.7 Å². The zero-order valence-electron chi connectivity index (χ0n) is 34.0. The summed E-state index contributed by atoms with van der Waals surface area (Å²) in [4.78, 5) is 40.1. The van der Waals surface area contributed by atoms with E-state index >= 15 is 0 Å². The van der Waals surface area contributed by atoms with E-state index in [1.807, 2.05) is 0 Å². The van der Waals surface area contributed by atoms with Gasteiger partial charge in [0, 0.05) is 23.0 Å². The first-order valence-electron chi connectivity index (χ1n) is 20.6. The lowest BCUT2D eigenvalue weighted by Gasteiger charge is -2.71. The number of hydrogen-bond acceptors (Lipinski definition) is 7.